The van der Waals surface area contributed by atoms with Crippen molar-refractivity contribution in [3.63, 3.8) is 0 Å². The molecular formula is C26H20N4O2. The summed E-state index contributed by atoms with van der Waals surface area (Å²) in [5.41, 5.74) is 3.77. The zero-order valence-corrected chi connectivity index (χ0v) is 17.1. The predicted octanol–water partition coefficient (Wildman–Crippen LogP) is 4.75. The number of rotatable bonds is 5. The van der Waals surface area contributed by atoms with E-state index in [4.69, 9.17) is 0 Å². The number of hydrogen-bond acceptors (Lipinski definition) is 4. The van der Waals surface area contributed by atoms with E-state index in [-0.39, 0.29) is 11.5 Å². The van der Waals surface area contributed by atoms with E-state index in [0.29, 0.717) is 23.1 Å². The third kappa shape index (κ3) is 3.81. The van der Waals surface area contributed by atoms with E-state index in [1.807, 2.05) is 72.8 Å². The summed E-state index contributed by atoms with van der Waals surface area (Å²) in [6.07, 6.45) is 1.67. The molecule has 0 spiro atoms. The van der Waals surface area contributed by atoms with Gasteiger partial charge in [0, 0.05) is 40.2 Å². The maximum Gasteiger partial charge on any atom is 0.257 e. The van der Waals surface area contributed by atoms with E-state index in [1.54, 1.807) is 18.3 Å². The Morgan fingerprint density at radius 1 is 0.844 bits per heavy atom. The first-order valence-corrected chi connectivity index (χ1v) is 10.3. The van der Waals surface area contributed by atoms with Crippen LogP contribution in [0.15, 0.2) is 95.9 Å². The number of H-pyrrole nitrogens is 1. The number of pyridine rings is 2. The molecule has 0 atom stereocenters. The van der Waals surface area contributed by atoms with Gasteiger partial charge in [0.05, 0.1) is 5.69 Å². The number of nitrogens with zero attached hydrogens (tertiary/aromatic N) is 1. The molecule has 0 aliphatic rings. The minimum absolute atomic E-state index is 0.100. The Morgan fingerprint density at radius 2 is 1.56 bits per heavy atom. The fourth-order valence-electron chi connectivity index (χ4n) is 3.74. The topological polar surface area (TPSA) is 86.9 Å². The van der Waals surface area contributed by atoms with Gasteiger partial charge in [0.2, 0.25) is 0 Å². The lowest BCUT2D eigenvalue weighted by Gasteiger charge is -2.12. The maximum atomic E-state index is 12.4. The van der Waals surface area contributed by atoms with Gasteiger partial charge in [-0.15, -0.1) is 0 Å². The summed E-state index contributed by atoms with van der Waals surface area (Å²) in [6, 6.07) is 26.4. The van der Waals surface area contributed by atoms with Crippen LogP contribution in [0.5, 0.6) is 0 Å². The molecule has 1 amide bonds. The Labute approximate surface area is 184 Å². The van der Waals surface area contributed by atoms with Crippen molar-refractivity contribution in [1.82, 2.24) is 15.3 Å². The van der Waals surface area contributed by atoms with E-state index in [1.165, 1.54) is 0 Å². The first kappa shape index (κ1) is 19.5. The van der Waals surface area contributed by atoms with Gasteiger partial charge in [0.15, 0.2) is 0 Å². The van der Waals surface area contributed by atoms with Crippen LogP contribution in [-0.4, -0.2) is 15.9 Å². The van der Waals surface area contributed by atoms with E-state index >= 15 is 0 Å². The van der Waals surface area contributed by atoms with Crippen LogP contribution in [0.2, 0.25) is 0 Å². The zero-order chi connectivity index (χ0) is 21.9. The van der Waals surface area contributed by atoms with Crippen molar-refractivity contribution in [1.29, 1.82) is 0 Å². The van der Waals surface area contributed by atoms with Gasteiger partial charge in [-0.25, -0.2) is 4.98 Å². The van der Waals surface area contributed by atoms with Crippen LogP contribution in [0.1, 0.15) is 15.9 Å². The summed E-state index contributed by atoms with van der Waals surface area (Å²) in [4.78, 5) is 31.8. The molecule has 0 saturated heterocycles. The third-order valence-electron chi connectivity index (χ3n) is 5.35. The van der Waals surface area contributed by atoms with Crippen molar-refractivity contribution in [2.45, 2.75) is 6.54 Å². The molecule has 2 heterocycles. The molecule has 0 aliphatic carbocycles. The van der Waals surface area contributed by atoms with Crippen LogP contribution in [0, 0.1) is 0 Å². The van der Waals surface area contributed by atoms with E-state index < -0.39 is 0 Å². The van der Waals surface area contributed by atoms with E-state index in [0.717, 1.165) is 27.7 Å². The SMILES string of the molecule is O=C(NCc1ccc(Nc2ccnc3[nH]c(=O)c4ccccc4c23)cc1)c1ccccc1. The van der Waals surface area contributed by atoms with Crippen molar-refractivity contribution >= 4 is 39.1 Å². The number of carbonyl (C=O) groups excluding carboxylic acids is 1. The van der Waals surface area contributed by atoms with Gasteiger partial charge in [0.1, 0.15) is 5.65 Å². The molecule has 2 aromatic heterocycles. The Hall–Kier alpha value is -4.45. The Morgan fingerprint density at radius 3 is 2.34 bits per heavy atom. The smallest absolute Gasteiger partial charge is 0.257 e. The van der Waals surface area contributed by atoms with Crippen LogP contribution in [0.25, 0.3) is 21.8 Å². The molecule has 6 heteroatoms. The van der Waals surface area contributed by atoms with Gasteiger partial charge in [-0.05, 0) is 42.0 Å². The molecule has 5 aromatic rings. The Balaban J connectivity index is 1.37. The van der Waals surface area contributed by atoms with Crippen LogP contribution >= 0.6 is 0 Å². The van der Waals surface area contributed by atoms with Gasteiger partial charge in [0.25, 0.3) is 11.5 Å². The van der Waals surface area contributed by atoms with Gasteiger partial charge in [-0.3, -0.25) is 9.59 Å². The average molecular weight is 420 g/mol. The molecule has 3 N–H and O–H groups in total. The molecule has 156 valence electrons. The number of amides is 1. The van der Waals surface area contributed by atoms with Gasteiger partial charge in [-0.2, -0.15) is 0 Å². The number of hydrogen-bond donors (Lipinski definition) is 3. The van der Waals surface area contributed by atoms with E-state index in [9.17, 15) is 9.59 Å². The number of carbonyl (C=O) groups is 1. The summed E-state index contributed by atoms with van der Waals surface area (Å²) < 4.78 is 0. The molecule has 0 radical (unpaired) electrons. The molecule has 5 rings (SSSR count). The summed E-state index contributed by atoms with van der Waals surface area (Å²) in [5, 5.41) is 8.70. The number of anilines is 2. The summed E-state index contributed by atoms with van der Waals surface area (Å²) in [5.74, 6) is -0.100. The van der Waals surface area contributed by atoms with Crippen LogP contribution < -0.4 is 16.2 Å². The predicted molar refractivity (Wildman–Crippen MR) is 127 cm³/mol. The highest BCUT2D eigenvalue weighted by Gasteiger charge is 2.10. The molecule has 0 saturated carbocycles. The minimum Gasteiger partial charge on any atom is -0.355 e. The summed E-state index contributed by atoms with van der Waals surface area (Å²) in [7, 11) is 0. The zero-order valence-electron chi connectivity index (χ0n) is 17.1. The monoisotopic (exact) mass is 420 g/mol. The number of fused-ring (bicyclic) bond motifs is 3. The number of aromatic nitrogens is 2. The van der Waals surface area contributed by atoms with Crippen LogP contribution in [-0.2, 0) is 6.54 Å². The molecule has 0 aliphatic heterocycles. The second kappa shape index (κ2) is 8.35. The number of benzene rings is 3. The largest absolute Gasteiger partial charge is 0.355 e. The Kier molecular flexibility index (Phi) is 5.09. The summed E-state index contributed by atoms with van der Waals surface area (Å²) in [6.45, 7) is 0.443. The molecule has 0 fully saturated rings. The molecule has 3 aromatic carbocycles. The molecular weight excluding hydrogens is 400 g/mol. The van der Waals surface area contributed by atoms with Crippen molar-refractivity contribution in [2.75, 3.05) is 5.32 Å². The normalized spacial score (nSPS) is 10.9. The highest BCUT2D eigenvalue weighted by atomic mass is 16.1. The third-order valence-corrected chi connectivity index (χ3v) is 5.35. The fraction of sp³-hybridized carbons (Fsp3) is 0.0385. The highest BCUT2D eigenvalue weighted by Crippen LogP contribution is 2.29. The van der Waals surface area contributed by atoms with Crippen molar-refractivity contribution in [3.05, 3.63) is 113 Å². The van der Waals surface area contributed by atoms with Gasteiger partial charge >= 0.3 is 0 Å². The lowest BCUT2D eigenvalue weighted by molar-refractivity contribution is 0.0951. The summed E-state index contributed by atoms with van der Waals surface area (Å²) >= 11 is 0. The number of nitrogens with one attached hydrogen (secondary N) is 3. The van der Waals surface area contributed by atoms with Gasteiger partial charge in [-0.1, -0.05) is 48.5 Å². The average Bonchev–Trinajstić information content (AvgIpc) is 2.84. The second-order valence-electron chi connectivity index (χ2n) is 7.45. The quantitative estimate of drug-likeness (QED) is 0.358. The highest BCUT2D eigenvalue weighted by molar-refractivity contribution is 6.10. The van der Waals surface area contributed by atoms with Crippen LogP contribution in [0.3, 0.4) is 0 Å². The fourth-order valence-corrected chi connectivity index (χ4v) is 3.74. The number of aromatic amines is 1. The van der Waals surface area contributed by atoms with Crippen molar-refractivity contribution in [2.24, 2.45) is 0 Å². The van der Waals surface area contributed by atoms with Crippen molar-refractivity contribution < 1.29 is 4.79 Å². The molecule has 6 nitrogen and oxygen atoms in total. The Bertz CT molecular complexity index is 1480. The first-order valence-electron chi connectivity index (χ1n) is 10.3. The lowest BCUT2D eigenvalue weighted by Crippen LogP contribution is -2.22. The van der Waals surface area contributed by atoms with Gasteiger partial charge < -0.3 is 15.6 Å². The minimum atomic E-state index is -0.153. The molecule has 32 heavy (non-hydrogen) atoms. The van der Waals surface area contributed by atoms with Crippen molar-refractivity contribution in [3.8, 4) is 0 Å². The standard InChI is InChI=1S/C26H20N4O2/c31-25(18-6-2-1-3-7-18)28-16-17-10-12-19(13-11-17)29-22-14-15-27-24-23(22)20-8-4-5-9-21(20)26(32)30-24/h1-15H,16H2,(H,28,31)(H2,27,29,30,32). The lowest BCUT2D eigenvalue weighted by atomic mass is 10.1. The van der Waals surface area contributed by atoms with Crippen LogP contribution in [0.4, 0.5) is 11.4 Å². The molecule has 0 unspecified atom stereocenters. The second-order valence-corrected chi connectivity index (χ2v) is 7.45. The molecule has 0 bridgehead atoms. The first-order chi connectivity index (χ1) is 15.7. The van der Waals surface area contributed by atoms with E-state index in [2.05, 4.69) is 20.6 Å². The maximum absolute atomic E-state index is 12.4.